The van der Waals surface area contributed by atoms with Gasteiger partial charge in [0.25, 0.3) is 0 Å². The molecule has 0 unspecified atom stereocenters. The number of thiocarbonyl (C=S) groups is 1. The minimum atomic E-state index is -0.627. The molecule has 0 aliphatic rings. The third kappa shape index (κ3) is 2.91. The lowest BCUT2D eigenvalue weighted by molar-refractivity contribution is 0.0388. The van der Waals surface area contributed by atoms with Crippen LogP contribution in [-0.4, -0.2) is 16.2 Å². The summed E-state index contributed by atoms with van der Waals surface area (Å²) in [6.45, 7) is 0. The Kier molecular flexibility index (Phi) is 3.24. The van der Waals surface area contributed by atoms with Gasteiger partial charge in [-0.1, -0.05) is 0 Å². The second-order valence-corrected chi connectivity index (χ2v) is 2.84. The van der Waals surface area contributed by atoms with Crippen molar-refractivity contribution in [3.63, 3.8) is 0 Å². The Labute approximate surface area is 85.4 Å². The summed E-state index contributed by atoms with van der Waals surface area (Å²) in [5.74, 6) is -0.554. The molecule has 0 bridgehead atoms. The summed E-state index contributed by atoms with van der Waals surface area (Å²) in [5.41, 5.74) is 7.39. The molecule has 0 saturated heterocycles. The standard InChI is InChI=1S/C8H8N2O3S/c9-8(14)10-13-7(12)5-1-3-6(11)4-2-5/h1-4,11H,(H3,9,10,14). The fourth-order valence-electron chi connectivity index (χ4n) is 0.753. The summed E-state index contributed by atoms with van der Waals surface area (Å²) < 4.78 is 0. The zero-order valence-electron chi connectivity index (χ0n) is 7.06. The van der Waals surface area contributed by atoms with Crippen LogP contribution in [-0.2, 0) is 4.84 Å². The number of nitrogens with two attached hydrogens (primary N) is 1. The largest absolute Gasteiger partial charge is 0.508 e. The lowest BCUT2D eigenvalue weighted by atomic mass is 10.2. The van der Waals surface area contributed by atoms with Gasteiger partial charge < -0.3 is 15.7 Å². The summed E-state index contributed by atoms with van der Waals surface area (Å²) in [6, 6.07) is 5.58. The van der Waals surface area contributed by atoms with Crippen molar-refractivity contribution in [2.75, 3.05) is 0 Å². The Morgan fingerprint density at radius 2 is 2.00 bits per heavy atom. The molecule has 74 valence electrons. The highest BCUT2D eigenvalue weighted by molar-refractivity contribution is 7.80. The summed E-state index contributed by atoms with van der Waals surface area (Å²) in [5, 5.41) is 8.82. The van der Waals surface area contributed by atoms with Crippen molar-refractivity contribution in [2.24, 2.45) is 5.73 Å². The third-order valence-electron chi connectivity index (χ3n) is 1.35. The van der Waals surface area contributed by atoms with Gasteiger partial charge in [-0.25, -0.2) is 4.79 Å². The number of hydrogen-bond acceptors (Lipinski definition) is 4. The zero-order chi connectivity index (χ0) is 10.6. The Bertz CT molecular complexity index is 350. The van der Waals surface area contributed by atoms with Crippen molar-refractivity contribution in [3.8, 4) is 5.75 Å². The normalized spacial score (nSPS) is 9.14. The van der Waals surface area contributed by atoms with E-state index in [4.69, 9.17) is 10.8 Å². The van der Waals surface area contributed by atoms with E-state index >= 15 is 0 Å². The summed E-state index contributed by atoms with van der Waals surface area (Å²) in [7, 11) is 0. The predicted octanol–water partition coefficient (Wildman–Crippen LogP) is 0.297. The quantitative estimate of drug-likeness (QED) is 0.458. The molecule has 0 saturated carbocycles. The lowest BCUT2D eigenvalue weighted by Crippen LogP contribution is -2.31. The van der Waals surface area contributed by atoms with E-state index < -0.39 is 5.97 Å². The monoisotopic (exact) mass is 212 g/mol. The molecule has 4 N–H and O–H groups in total. The second-order valence-electron chi connectivity index (χ2n) is 2.40. The molecule has 5 nitrogen and oxygen atoms in total. The summed E-state index contributed by atoms with van der Waals surface area (Å²) >= 11 is 4.43. The minimum absolute atomic E-state index is 0.0730. The van der Waals surface area contributed by atoms with Gasteiger partial charge in [0, 0.05) is 0 Å². The van der Waals surface area contributed by atoms with Gasteiger partial charge in [-0.05, 0) is 36.5 Å². The highest BCUT2D eigenvalue weighted by Crippen LogP contribution is 2.09. The smallest absolute Gasteiger partial charge is 0.362 e. The molecular weight excluding hydrogens is 204 g/mol. The third-order valence-corrected chi connectivity index (χ3v) is 1.43. The van der Waals surface area contributed by atoms with Gasteiger partial charge in [-0.3, -0.25) is 0 Å². The molecule has 6 heteroatoms. The first-order valence-electron chi connectivity index (χ1n) is 3.65. The van der Waals surface area contributed by atoms with Crippen molar-refractivity contribution in [3.05, 3.63) is 29.8 Å². The molecule has 1 aromatic rings. The molecule has 0 aliphatic carbocycles. The number of carbonyl (C=O) groups excluding carboxylic acids is 1. The van der Waals surface area contributed by atoms with E-state index in [0.717, 1.165) is 0 Å². The van der Waals surface area contributed by atoms with E-state index in [0.29, 0.717) is 0 Å². The number of rotatable bonds is 1. The minimum Gasteiger partial charge on any atom is -0.508 e. The van der Waals surface area contributed by atoms with Crippen LogP contribution in [0.4, 0.5) is 0 Å². The highest BCUT2D eigenvalue weighted by Gasteiger charge is 2.06. The molecule has 0 heterocycles. The van der Waals surface area contributed by atoms with Crippen LogP contribution in [0.5, 0.6) is 5.75 Å². The van der Waals surface area contributed by atoms with Gasteiger partial charge in [-0.15, -0.1) is 0 Å². The Balaban J connectivity index is 2.61. The van der Waals surface area contributed by atoms with Crippen LogP contribution in [0.2, 0.25) is 0 Å². The Morgan fingerprint density at radius 3 is 2.50 bits per heavy atom. The Hall–Kier alpha value is -1.82. The van der Waals surface area contributed by atoms with E-state index in [-0.39, 0.29) is 16.4 Å². The maximum Gasteiger partial charge on any atom is 0.362 e. The molecule has 0 aliphatic heterocycles. The average Bonchev–Trinajstić information content (AvgIpc) is 2.15. The first-order chi connectivity index (χ1) is 6.59. The van der Waals surface area contributed by atoms with Crippen LogP contribution in [0.1, 0.15) is 10.4 Å². The highest BCUT2D eigenvalue weighted by atomic mass is 32.1. The molecule has 0 atom stereocenters. The molecule has 1 rings (SSSR count). The zero-order valence-corrected chi connectivity index (χ0v) is 7.88. The molecule has 0 amide bonds. The number of phenols is 1. The van der Waals surface area contributed by atoms with Gasteiger partial charge >= 0.3 is 5.97 Å². The summed E-state index contributed by atoms with van der Waals surface area (Å²) in [4.78, 5) is 15.7. The van der Waals surface area contributed by atoms with Crippen LogP contribution in [0, 0.1) is 0 Å². The predicted molar refractivity (Wildman–Crippen MR) is 53.4 cm³/mol. The van der Waals surface area contributed by atoms with Crippen molar-refractivity contribution in [1.29, 1.82) is 0 Å². The van der Waals surface area contributed by atoms with Crippen molar-refractivity contribution in [1.82, 2.24) is 5.48 Å². The molecule has 14 heavy (non-hydrogen) atoms. The molecule has 0 fully saturated rings. The van der Waals surface area contributed by atoms with Gasteiger partial charge in [0.1, 0.15) is 5.75 Å². The number of carbonyl (C=O) groups is 1. The number of hydroxylamine groups is 1. The van der Waals surface area contributed by atoms with Crippen LogP contribution in [0.25, 0.3) is 0 Å². The van der Waals surface area contributed by atoms with E-state index in [1.165, 1.54) is 24.3 Å². The molecule has 0 radical (unpaired) electrons. The van der Waals surface area contributed by atoms with Crippen LogP contribution >= 0.6 is 12.2 Å². The second kappa shape index (κ2) is 4.43. The van der Waals surface area contributed by atoms with E-state index in [9.17, 15) is 4.79 Å². The van der Waals surface area contributed by atoms with E-state index in [1.807, 2.05) is 0 Å². The van der Waals surface area contributed by atoms with E-state index in [1.54, 1.807) is 0 Å². The number of aromatic hydroxyl groups is 1. The van der Waals surface area contributed by atoms with Crippen LogP contribution in [0.15, 0.2) is 24.3 Å². The van der Waals surface area contributed by atoms with Gasteiger partial charge in [0.05, 0.1) is 5.56 Å². The van der Waals surface area contributed by atoms with Crippen LogP contribution in [0.3, 0.4) is 0 Å². The number of nitrogens with one attached hydrogen (secondary N) is 1. The lowest BCUT2D eigenvalue weighted by Gasteiger charge is -2.03. The molecule has 0 aromatic heterocycles. The molecule has 0 spiro atoms. The fourth-order valence-corrected chi connectivity index (χ4v) is 0.795. The van der Waals surface area contributed by atoms with Gasteiger partial charge in [0.15, 0.2) is 5.11 Å². The topological polar surface area (TPSA) is 84.6 Å². The average molecular weight is 212 g/mol. The molecular formula is C8H8N2O3S. The number of phenolic OH excluding ortho intramolecular Hbond substituents is 1. The SMILES string of the molecule is NC(=S)NOC(=O)c1ccc(O)cc1. The fraction of sp³-hybridized carbons (Fsp3) is 0. The Morgan fingerprint density at radius 1 is 1.43 bits per heavy atom. The first kappa shape index (κ1) is 10.3. The number of hydrogen-bond donors (Lipinski definition) is 3. The number of benzene rings is 1. The van der Waals surface area contributed by atoms with Crippen molar-refractivity contribution in [2.45, 2.75) is 0 Å². The van der Waals surface area contributed by atoms with Gasteiger partial charge in [-0.2, -0.15) is 5.48 Å². The summed E-state index contributed by atoms with van der Waals surface area (Å²) in [6.07, 6.45) is 0. The maximum atomic E-state index is 11.2. The van der Waals surface area contributed by atoms with E-state index in [2.05, 4.69) is 22.5 Å². The van der Waals surface area contributed by atoms with Gasteiger partial charge in [0.2, 0.25) is 0 Å². The molecule has 1 aromatic carbocycles. The van der Waals surface area contributed by atoms with Crippen molar-refractivity contribution < 1.29 is 14.7 Å². The van der Waals surface area contributed by atoms with Crippen molar-refractivity contribution >= 4 is 23.3 Å². The maximum absolute atomic E-state index is 11.2. The first-order valence-corrected chi connectivity index (χ1v) is 4.06. The van der Waals surface area contributed by atoms with Crippen LogP contribution < -0.4 is 11.2 Å².